The fourth-order valence-corrected chi connectivity index (χ4v) is 3.59. The molecule has 0 fully saturated rings. The third-order valence-electron chi connectivity index (χ3n) is 5.38. The van der Waals surface area contributed by atoms with Gasteiger partial charge in [-0.15, -0.1) is 0 Å². The van der Waals surface area contributed by atoms with Gasteiger partial charge in [-0.25, -0.2) is 4.79 Å². The Morgan fingerprint density at radius 2 is 1.94 bits per heavy atom. The molecule has 0 aromatic heterocycles. The molecule has 0 spiro atoms. The maximum atomic E-state index is 13.3. The summed E-state index contributed by atoms with van der Waals surface area (Å²) in [6.45, 7) is 4.72. The Kier molecular flexibility index (Phi) is 7.49. The van der Waals surface area contributed by atoms with Crippen LogP contribution in [0.5, 0.6) is 5.75 Å². The van der Waals surface area contributed by atoms with E-state index in [4.69, 9.17) is 4.74 Å². The molecule has 0 unspecified atom stereocenters. The Labute approximate surface area is 182 Å². The lowest BCUT2D eigenvalue weighted by Gasteiger charge is -2.37. The van der Waals surface area contributed by atoms with Crippen LogP contribution in [0.3, 0.4) is 0 Å². The van der Waals surface area contributed by atoms with Crippen LogP contribution in [0.25, 0.3) is 0 Å². The van der Waals surface area contributed by atoms with Crippen molar-refractivity contribution in [1.82, 2.24) is 10.2 Å². The number of anilines is 2. The highest BCUT2D eigenvalue weighted by molar-refractivity contribution is 6.04. The van der Waals surface area contributed by atoms with E-state index in [9.17, 15) is 14.7 Å². The molecule has 8 heteroatoms. The van der Waals surface area contributed by atoms with E-state index in [2.05, 4.69) is 16.0 Å². The fraction of sp³-hybridized carbons (Fsp3) is 0.391. The lowest BCUT2D eigenvalue weighted by atomic mass is 9.99. The molecule has 0 aliphatic carbocycles. The maximum absolute atomic E-state index is 13.3. The van der Waals surface area contributed by atoms with Gasteiger partial charge in [0.15, 0.2) is 5.75 Å². The van der Waals surface area contributed by atoms with Crippen LogP contribution in [0.2, 0.25) is 0 Å². The van der Waals surface area contributed by atoms with E-state index in [1.165, 1.54) is 0 Å². The lowest BCUT2D eigenvalue weighted by Crippen LogP contribution is -2.49. The molecule has 2 aromatic rings. The molecular weight excluding hydrogens is 396 g/mol. The predicted octanol–water partition coefficient (Wildman–Crippen LogP) is 2.77. The van der Waals surface area contributed by atoms with E-state index in [1.807, 2.05) is 39.1 Å². The molecule has 4 N–H and O–H groups in total. The van der Waals surface area contributed by atoms with E-state index in [-0.39, 0.29) is 30.6 Å². The molecule has 1 aliphatic heterocycles. The summed E-state index contributed by atoms with van der Waals surface area (Å²) in [4.78, 5) is 27.6. The SMILES string of the molecule is CNC[C@@H]1Oc2c(NC(=O)Nc3ccccc3)cccc2C(=O)N([C@@H](C)CO)C[C@@H]1C. The highest BCUT2D eigenvalue weighted by atomic mass is 16.5. The summed E-state index contributed by atoms with van der Waals surface area (Å²) < 4.78 is 6.29. The number of urea groups is 1. The van der Waals surface area contributed by atoms with Crippen molar-refractivity contribution in [2.24, 2.45) is 5.92 Å². The minimum absolute atomic E-state index is 0.00440. The number of ether oxygens (including phenoxy) is 1. The van der Waals surface area contributed by atoms with Crippen LogP contribution in [0.15, 0.2) is 48.5 Å². The van der Waals surface area contributed by atoms with Gasteiger partial charge in [-0.05, 0) is 38.2 Å². The Bertz CT molecular complexity index is 906. The highest BCUT2D eigenvalue weighted by Gasteiger charge is 2.33. The third kappa shape index (κ3) is 5.34. The second-order valence-electron chi connectivity index (χ2n) is 7.81. The van der Waals surface area contributed by atoms with Gasteiger partial charge in [0.2, 0.25) is 0 Å². The number of benzene rings is 2. The van der Waals surface area contributed by atoms with Crippen molar-refractivity contribution >= 4 is 23.3 Å². The smallest absolute Gasteiger partial charge is 0.323 e. The summed E-state index contributed by atoms with van der Waals surface area (Å²) in [7, 11) is 1.84. The van der Waals surface area contributed by atoms with Gasteiger partial charge in [0.1, 0.15) is 6.10 Å². The minimum Gasteiger partial charge on any atom is -0.486 e. The second kappa shape index (κ2) is 10.3. The number of likely N-dealkylation sites (N-methyl/N-ethyl adjacent to an activating group) is 1. The molecule has 0 saturated heterocycles. The van der Waals surface area contributed by atoms with Gasteiger partial charge in [-0.3, -0.25) is 4.79 Å². The van der Waals surface area contributed by atoms with E-state index >= 15 is 0 Å². The molecule has 166 valence electrons. The first-order valence-corrected chi connectivity index (χ1v) is 10.4. The van der Waals surface area contributed by atoms with Gasteiger partial charge < -0.3 is 30.7 Å². The zero-order chi connectivity index (χ0) is 22.4. The van der Waals surface area contributed by atoms with Crippen molar-refractivity contribution in [3.63, 3.8) is 0 Å². The quantitative estimate of drug-likeness (QED) is 0.569. The Hall–Kier alpha value is -3.10. The number of rotatable bonds is 6. The van der Waals surface area contributed by atoms with Gasteiger partial charge >= 0.3 is 6.03 Å². The Balaban J connectivity index is 1.95. The Morgan fingerprint density at radius 3 is 2.61 bits per heavy atom. The summed E-state index contributed by atoms with van der Waals surface area (Å²) in [5.74, 6) is 0.0980. The van der Waals surface area contributed by atoms with Crippen molar-refractivity contribution in [2.75, 3.05) is 37.4 Å². The van der Waals surface area contributed by atoms with Gasteiger partial charge in [0, 0.05) is 24.7 Å². The van der Waals surface area contributed by atoms with Crippen molar-refractivity contribution in [3.05, 3.63) is 54.1 Å². The average molecular weight is 427 g/mol. The molecule has 0 saturated carbocycles. The molecule has 2 aromatic carbocycles. The van der Waals surface area contributed by atoms with Crippen LogP contribution in [-0.2, 0) is 0 Å². The number of carbonyl (C=O) groups excluding carboxylic acids is 2. The molecule has 3 atom stereocenters. The molecule has 1 heterocycles. The van der Waals surface area contributed by atoms with E-state index in [0.29, 0.717) is 35.8 Å². The number of nitrogens with zero attached hydrogens (tertiary/aromatic N) is 1. The Morgan fingerprint density at radius 1 is 1.19 bits per heavy atom. The van der Waals surface area contributed by atoms with Gasteiger partial charge in [0.05, 0.1) is 23.9 Å². The number of nitrogens with one attached hydrogen (secondary N) is 3. The van der Waals surface area contributed by atoms with Gasteiger partial charge in [-0.2, -0.15) is 0 Å². The van der Waals surface area contributed by atoms with Crippen LogP contribution >= 0.6 is 0 Å². The van der Waals surface area contributed by atoms with E-state index in [0.717, 1.165) is 0 Å². The molecule has 3 rings (SSSR count). The number of para-hydroxylation sites is 2. The normalized spacial score (nSPS) is 19.5. The van der Waals surface area contributed by atoms with Crippen molar-refractivity contribution < 1.29 is 19.4 Å². The number of fused-ring (bicyclic) bond motifs is 1. The minimum atomic E-state index is -0.434. The summed E-state index contributed by atoms with van der Waals surface area (Å²) in [5, 5.41) is 18.4. The first kappa shape index (κ1) is 22.6. The first-order valence-electron chi connectivity index (χ1n) is 10.4. The van der Waals surface area contributed by atoms with Crippen molar-refractivity contribution in [2.45, 2.75) is 26.0 Å². The van der Waals surface area contributed by atoms with Crippen LogP contribution in [-0.4, -0.2) is 60.8 Å². The molecule has 1 aliphatic rings. The molecular formula is C23H30N4O4. The fourth-order valence-electron chi connectivity index (χ4n) is 3.59. The van der Waals surface area contributed by atoms with E-state index in [1.54, 1.807) is 35.2 Å². The average Bonchev–Trinajstić information content (AvgIpc) is 2.76. The summed E-state index contributed by atoms with van der Waals surface area (Å²) >= 11 is 0. The van der Waals surface area contributed by atoms with E-state index < -0.39 is 6.03 Å². The van der Waals surface area contributed by atoms with Gasteiger partial charge in [0.25, 0.3) is 5.91 Å². The number of carbonyl (C=O) groups is 2. The lowest BCUT2D eigenvalue weighted by molar-refractivity contribution is 0.0417. The monoisotopic (exact) mass is 426 g/mol. The summed E-state index contributed by atoms with van der Waals surface area (Å²) in [5.41, 5.74) is 1.41. The van der Waals surface area contributed by atoms with Crippen LogP contribution in [0.4, 0.5) is 16.2 Å². The first-order chi connectivity index (χ1) is 14.9. The number of amides is 3. The predicted molar refractivity (Wildman–Crippen MR) is 121 cm³/mol. The maximum Gasteiger partial charge on any atom is 0.323 e. The second-order valence-corrected chi connectivity index (χ2v) is 7.81. The van der Waals surface area contributed by atoms with Crippen molar-refractivity contribution in [1.29, 1.82) is 0 Å². The molecule has 31 heavy (non-hydrogen) atoms. The zero-order valence-electron chi connectivity index (χ0n) is 18.1. The highest BCUT2D eigenvalue weighted by Crippen LogP contribution is 2.34. The largest absolute Gasteiger partial charge is 0.486 e. The van der Waals surface area contributed by atoms with Crippen LogP contribution in [0, 0.1) is 5.92 Å². The molecule has 3 amide bonds. The number of aliphatic hydroxyl groups is 1. The molecule has 0 bridgehead atoms. The number of aliphatic hydroxyl groups excluding tert-OH is 1. The van der Waals surface area contributed by atoms with Crippen LogP contribution in [0.1, 0.15) is 24.2 Å². The van der Waals surface area contributed by atoms with Gasteiger partial charge in [-0.1, -0.05) is 31.2 Å². The zero-order valence-corrected chi connectivity index (χ0v) is 18.1. The van der Waals surface area contributed by atoms with Crippen LogP contribution < -0.4 is 20.7 Å². The van der Waals surface area contributed by atoms with Crippen molar-refractivity contribution in [3.8, 4) is 5.75 Å². The summed E-state index contributed by atoms with van der Waals surface area (Å²) in [6.07, 6.45) is -0.231. The number of hydrogen-bond acceptors (Lipinski definition) is 5. The summed E-state index contributed by atoms with van der Waals surface area (Å²) in [6, 6.07) is 13.4. The topological polar surface area (TPSA) is 103 Å². The molecule has 0 radical (unpaired) electrons. The molecule has 8 nitrogen and oxygen atoms in total. The standard InChI is InChI=1S/C23H30N4O4/c1-15-13-27(16(2)14-28)22(29)18-10-7-11-19(21(18)31-20(15)12-24-3)26-23(30)25-17-8-5-4-6-9-17/h4-11,15-16,20,24,28H,12-14H2,1-3H3,(H2,25,26,30)/t15-,16-,20-/m0/s1. The number of hydrogen-bond donors (Lipinski definition) is 4. The third-order valence-corrected chi connectivity index (χ3v) is 5.38.